The molecule has 0 heterocycles. The first-order valence-corrected chi connectivity index (χ1v) is 19.1. The van der Waals surface area contributed by atoms with Crippen molar-refractivity contribution in [1.82, 2.24) is 10.2 Å². The molecule has 4 aliphatic carbocycles. The maximum absolute atomic E-state index is 14.3. The number of anilines is 1. The van der Waals surface area contributed by atoms with Crippen LogP contribution in [-0.2, 0) is 38.0 Å². The number of carbonyl (C=O) groups excluding carboxylic acids is 2. The zero-order chi connectivity index (χ0) is 32.5. The van der Waals surface area contributed by atoms with Gasteiger partial charge < -0.3 is 10.2 Å². The first kappa shape index (κ1) is 32.8. The van der Waals surface area contributed by atoms with E-state index in [0.717, 1.165) is 39.6 Å². The highest BCUT2D eigenvalue weighted by molar-refractivity contribution is 9.10. The first-order chi connectivity index (χ1) is 22.0. The molecule has 4 aliphatic rings. The van der Waals surface area contributed by atoms with Gasteiger partial charge in [-0.1, -0.05) is 70.5 Å². The third kappa shape index (κ3) is 7.20. The lowest BCUT2D eigenvalue weighted by molar-refractivity contribution is -0.140. The standard InChI is InChI=1S/C37H44BrN3O4S/c1-3-39-36(43)34(20-26-8-5-4-6-9-26)40(24-27-10-7-11-32(38)19-27)35(42)25-41(46(2,44)45)33-14-12-31(13-15-33)37-21-28-16-29(22-37)18-30(17-28)23-37/h4-15,19,28-30,34H,3,16-18,20-25H2,1-2H3,(H,39,43)/t28?,29?,30?,34-,37?/m1/s1. The van der Waals surface area contributed by atoms with E-state index in [1.807, 2.05) is 73.7 Å². The number of hydrogen-bond donors (Lipinski definition) is 1. The molecule has 0 unspecified atom stereocenters. The van der Waals surface area contributed by atoms with Crippen LogP contribution >= 0.6 is 15.9 Å². The maximum Gasteiger partial charge on any atom is 0.244 e. The van der Waals surface area contributed by atoms with E-state index in [1.165, 1.54) is 53.3 Å². The van der Waals surface area contributed by atoms with Gasteiger partial charge in [-0.2, -0.15) is 0 Å². The zero-order valence-corrected chi connectivity index (χ0v) is 29.1. The van der Waals surface area contributed by atoms with Gasteiger partial charge >= 0.3 is 0 Å². The molecule has 4 saturated carbocycles. The quantitative estimate of drug-likeness (QED) is 0.235. The number of likely N-dealkylation sites (N-methyl/N-ethyl adjacent to an activating group) is 1. The summed E-state index contributed by atoms with van der Waals surface area (Å²) in [6, 6.07) is 24.3. The van der Waals surface area contributed by atoms with Crippen molar-refractivity contribution in [1.29, 1.82) is 0 Å². The predicted molar refractivity (Wildman–Crippen MR) is 186 cm³/mol. The molecule has 3 aromatic carbocycles. The second-order valence-electron chi connectivity index (χ2n) is 13.8. The van der Waals surface area contributed by atoms with Crippen LogP contribution in [-0.4, -0.2) is 50.5 Å². The molecule has 46 heavy (non-hydrogen) atoms. The van der Waals surface area contributed by atoms with Crippen molar-refractivity contribution >= 4 is 43.5 Å². The first-order valence-electron chi connectivity index (χ1n) is 16.5. The molecule has 0 radical (unpaired) electrons. The second-order valence-corrected chi connectivity index (χ2v) is 16.6. The fourth-order valence-electron chi connectivity index (χ4n) is 8.74. The van der Waals surface area contributed by atoms with Crippen molar-refractivity contribution in [2.24, 2.45) is 17.8 Å². The fourth-order valence-corrected chi connectivity index (χ4v) is 10.0. The van der Waals surface area contributed by atoms with Crippen LogP contribution in [0, 0.1) is 17.8 Å². The molecule has 0 saturated heterocycles. The Kier molecular flexibility index (Phi) is 9.62. The van der Waals surface area contributed by atoms with Crippen molar-refractivity contribution in [2.75, 3.05) is 23.7 Å². The lowest BCUT2D eigenvalue weighted by Crippen LogP contribution is -2.53. The summed E-state index contributed by atoms with van der Waals surface area (Å²) in [6.07, 6.45) is 9.18. The number of halogens is 1. The molecule has 7 rings (SSSR count). The number of amides is 2. The summed E-state index contributed by atoms with van der Waals surface area (Å²) in [7, 11) is -3.82. The topological polar surface area (TPSA) is 86.8 Å². The second kappa shape index (κ2) is 13.5. The Morgan fingerprint density at radius 2 is 1.50 bits per heavy atom. The van der Waals surface area contributed by atoms with Crippen LogP contribution in [0.4, 0.5) is 5.69 Å². The van der Waals surface area contributed by atoms with Gasteiger partial charge in [0.25, 0.3) is 0 Å². The molecule has 0 spiro atoms. The number of sulfonamides is 1. The molecule has 9 heteroatoms. The largest absolute Gasteiger partial charge is 0.355 e. The molecule has 7 nitrogen and oxygen atoms in total. The molecular weight excluding hydrogens is 662 g/mol. The molecule has 1 atom stereocenters. The molecule has 0 aromatic heterocycles. The van der Waals surface area contributed by atoms with Gasteiger partial charge in [0.1, 0.15) is 12.6 Å². The van der Waals surface area contributed by atoms with E-state index < -0.39 is 28.5 Å². The molecule has 4 fully saturated rings. The fraction of sp³-hybridized carbons (Fsp3) is 0.459. The smallest absolute Gasteiger partial charge is 0.244 e. The Labute approximate surface area is 281 Å². The van der Waals surface area contributed by atoms with Crippen LogP contribution in [0.1, 0.15) is 62.1 Å². The minimum Gasteiger partial charge on any atom is -0.355 e. The van der Waals surface area contributed by atoms with Crippen LogP contribution in [0.2, 0.25) is 0 Å². The molecular formula is C37H44BrN3O4S. The lowest BCUT2D eigenvalue weighted by atomic mass is 9.48. The van der Waals surface area contributed by atoms with E-state index in [2.05, 4.69) is 33.4 Å². The van der Waals surface area contributed by atoms with Crippen molar-refractivity contribution in [3.8, 4) is 0 Å². The van der Waals surface area contributed by atoms with Crippen LogP contribution < -0.4 is 9.62 Å². The Balaban J connectivity index is 1.30. The summed E-state index contributed by atoms with van der Waals surface area (Å²) < 4.78 is 28.6. The van der Waals surface area contributed by atoms with E-state index in [1.54, 1.807) is 0 Å². The summed E-state index contributed by atoms with van der Waals surface area (Å²) in [4.78, 5) is 29.4. The van der Waals surface area contributed by atoms with Gasteiger partial charge in [-0.3, -0.25) is 13.9 Å². The Morgan fingerprint density at radius 3 is 2.07 bits per heavy atom. The monoisotopic (exact) mass is 705 g/mol. The average molecular weight is 707 g/mol. The predicted octanol–water partition coefficient (Wildman–Crippen LogP) is 6.46. The maximum atomic E-state index is 14.3. The van der Waals surface area contributed by atoms with Gasteiger partial charge in [0.05, 0.1) is 11.9 Å². The molecule has 244 valence electrons. The summed E-state index contributed by atoms with van der Waals surface area (Å²) in [5.41, 5.74) is 3.69. The van der Waals surface area contributed by atoms with Crippen LogP contribution in [0.15, 0.2) is 83.3 Å². The van der Waals surface area contributed by atoms with Crippen molar-refractivity contribution in [3.63, 3.8) is 0 Å². The van der Waals surface area contributed by atoms with E-state index >= 15 is 0 Å². The molecule has 2 amide bonds. The minimum atomic E-state index is -3.82. The average Bonchev–Trinajstić information content (AvgIpc) is 3.01. The number of rotatable bonds is 12. The van der Waals surface area contributed by atoms with Gasteiger partial charge in [0, 0.05) is 24.0 Å². The van der Waals surface area contributed by atoms with Crippen LogP contribution in [0.3, 0.4) is 0 Å². The van der Waals surface area contributed by atoms with E-state index in [0.29, 0.717) is 18.7 Å². The Hall–Kier alpha value is -3.17. The van der Waals surface area contributed by atoms with Gasteiger partial charge in [-0.25, -0.2) is 8.42 Å². The summed E-state index contributed by atoms with van der Waals surface area (Å²) in [6.45, 7) is 1.99. The molecule has 4 bridgehead atoms. The lowest BCUT2D eigenvalue weighted by Gasteiger charge is -2.57. The van der Waals surface area contributed by atoms with E-state index in [4.69, 9.17) is 0 Å². The number of benzene rings is 3. The van der Waals surface area contributed by atoms with Gasteiger partial charge in [-0.05, 0) is 110 Å². The third-order valence-electron chi connectivity index (χ3n) is 10.3. The summed E-state index contributed by atoms with van der Waals surface area (Å²) in [5, 5.41) is 2.90. The number of nitrogens with zero attached hydrogens (tertiary/aromatic N) is 2. The number of nitrogens with one attached hydrogen (secondary N) is 1. The van der Waals surface area contributed by atoms with Crippen LogP contribution in [0.5, 0.6) is 0 Å². The summed E-state index contributed by atoms with van der Waals surface area (Å²) in [5.74, 6) is 1.70. The number of hydrogen-bond acceptors (Lipinski definition) is 4. The molecule has 3 aromatic rings. The Bertz CT molecular complexity index is 1630. The zero-order valence-electron chi connectivity index (χ0n) is 26.7. The van der Waals surface area contributed by atoms with Crippen molar-refractivity contribution < 1.29 is 18.0 Å². The SMILES string of the molecule is CCNC(=O)[C@@H](Cc1ccccc1)N(Cc1cccc(Br)c1)C(=O)CN(c1ccc(C23CC4CC(CC(C4)C2)C3)cc1)S(C)(=O)=O. The summed E-state index contributed by atoms with van der Waals surface area (Å²) >= 11 is 3.52. The molecule has 0 aliphatic heterocycles. The van der Waals surface area contributed by atoms with Gasteiger partial charge in [-0.15, -0.1) is 0 Å². The van der Waals surface area contributed by atoms with E-state index in [9.17, 15) is 18.0 Å². The molecule has 1 N–H and O–H groups in total. The third-order valence-corrected chi connectivity index (χ3v) is 12.0. The van der Waals surface area contributed by atoms with Crippen LogP contribution in [0.25, 0.3) is 0 Å². The minimum absolute atomic E-state index is 0.148. The highest BCUT2D eigenvalue weighted by atomic mass is 79.9. The van der Waals surface area contributed by atoms with Crippen molar-refractivity contribution in [3.05, 3.63) is 100 Å². The van der Waals surface area contributed by atoms with Crippen molar-refractivity contribution in [2.45, 2.75) is 69.9 Å². The highest BCUT2D eigenvalue weighted by Gasteiger charge is 2.51. The van der Waals surface area contributed by atoms with Gasteiger partial charge in [0.2, 0.25) is 21.8 Å². The van der Waals surface area contributed by atoms with Gasteiger partial charge in [0.15, 0.2) is 0 Å². The Morgan fingerprint density at radius 1 is 0.891 bits per heavy atom. The van der Waals surface area contributed by atoms with E-state index in [-0.39, 0.29) is 17.9 Å². The normalized spacial score (nSPS) is 23.9. The number of carbonyl (C=O) groups is 2. The highest BCUT2D eigenvalue weighted by Crippen LogP contribution is 2.60.